The van der Waals surface area contributed by atoms with E-state index in [9.17, 15) is 22.8 Å². The first kappa shape index (κ1) is 25.0. The third-order valence-electron chi connectivity index (χ3n) is 4.32. The lowest BCUT2D eigenvalue weighted by Crippen LogP contribution is -2.30. The first-order valence-electron chi connectivity index (χ1n) is 9.78. The van der Waals surface area contributed by atoms with Crippen molar-refractivity contribution >= 4 is 33.6 Å². The van der Waals surface area contributed by atoms with Crippen molar-refractivity contribution in [2.45, 2.75) is 37.6 Å². The van der Waals surface area contributed by atoms with Crippen molar-refractivity contribution in [3.63, 3.8) is 0 Å². The van der Waals surface area contributed by atoms with Crippen LogP contribution in [0, 0.1) is 0 Å². The molecule has 0 spiro atoms. The fourth-order valence-electron chi connectivity index (χ4n) is 2.87. The standard InChI is InChI=1S/C22H26N2O7S/c1-14(2)24-32(28,29)19-8-5-15(6-9-19)7-10-20(25)23-18-12-16(21(26)30-3)11-17(13-18)22(27)31-4/h5-6,8-9,11-14,24H,7,10H2,1-4H3,(H,23,25). The first-order chi connectivity index (χ1) is 15.1. The van der Waals surface area contributed by atoms with Crippen LogP contribution < -0.4 is 10.0 Å². The number of hydrogen-bond donors (Lipinski definition) is 2. The van der Waals surface area contributed by atoms with Gasteiger partial charge in [-0.2, -0.15) is 0 Å². The molecule has 0 fully saturated rings. The molecule has 0 unspecified atom stereocenters. The molecule has 10 heteroatoms. The highest BCUT2D eigenvalue weighted by Gasteiger charge is 2.16. The van der Waals surface area contributed by atoms with Gasteiger partial charge in [0.15, 0.2) is 0 Å². The van der Waals surface area contributed by atoms with Crippen LogP contribution in [0.3, 0.4) is 0 Å². The number of hydrogen-bond acceptors (Lipinski definition) is 7. The molecule has 2 aromatic rings. The number of aryl methyl sites for hydroxylation is 1. The third kappa shape index (κ3) is 6.89. The monoisotopic (exact) mass is 462 g/mol. The normalized spacial score (nSPS) is 11.2. The van der Waals surface area contributed by atoms with Crippen molar-refractivity contribution in [2.75, 3.05) is 19.5 Å². The number of sulfonamides is 1. The minimum absolute atomic E-state index is 0.0949. The molecule has 32 heavy (non-hydrogen) atoms. The summed E-state index contributed by atoms with van der Waals surface area (Å²) < 4.78 is 36.2. The Morgan fingerprint density at radius 3 is 1.91 bits per heavy atom. The molecule has 0 aromatic heterocycles. The SMILES string of the molecule is COC(=O)c1cc(NC(=O)CCc2ccc(S(=O)(=O)NC(C)C)cc2)cc(C(=O)OC)c1. The summed E-state index contributed by atoms with van der Waals surface area (Å²) in [6.45, 7) is 3.47. The van der Waals surface area contributed by atoms with Gasteiger partial charge in [0.05, 0.1) is 30.2 Å². The van der Waals surface area contributed by atoms with Crippen molar-refractivity contribution in [1.82, 2.24) is 4.72 Å². The van der Waals surface area contributed by atoms with Crippen molar-refractivity contribution in [2.24, 2.45) is 0 Å². The van der Waals surface area contributed by atoms with Crippen LogP contribution in [0.1, 0.15) is 46.5 Å². The quantitative estimate of drug-likeness (QED) is 0.548. The van der Waals surface area contributed by atoms with Crippen molar-refractivity contribution in [3.05, 3.63) is 59.2 Å². The van der Waals surface area contributed by atoms with Gasteiger partial charge in [-0.05, 0) is 56.2 Å². The zero-order valence-electron chi connectivity index (χ0n) is 18.3. The Labute approximate surface area is 187 Å². The second-order valence-electron chi connectivity index (χ2n) is 7.25. The average Bonchev–Trinajstić information content (AvgIpc) is 2.75. The van der Waals surface area contributed by atoms with Gasteiger partial charge < -0.3 is 14.8 Å². The van der Waals surface area contributed by atoms with Gasteiger partial charge in [-0.1, -0.05) is 12.1 Å². The Morgan fingerprint density at radius 2 is 1.44 bits per heavy atom. The molecule has 0 saturated carbocycles. The van der Waals surface area contributed by atoms with E-state index in [4.69, 9.17) is 0 Å². The molecule has 0 aliphatic rings. The fourth-order valence-corrected chi connectivity index (χ4v) is 4.12. The molecule has 1 amide bonds. The molecular weight excluding hydrogens is 436 g/mol. The van der Waals surface area contributed by atoms with Crippen LogP contribution in [0.15, 0.2) is 47.4 Å². The number of ether oxygens (including phenoxy) is 2. The molecule has 0 heterocycles. The lowest BCUT2D eigenvalue weighted by molar-refractivity contribution is -0.116. The van der Waals surface area contributed by atoms with Gasteiger partial charge in [0.2, 0.25) is 15.9 Å². The van der Waals surface area contributed by atoms with E-state index in [1.165, 1.54) is 44.6 Å². The van der Waals surface area contributed by atoms with E-state index in [0.29, 0.717) is 6.42 Å². The van der Waals surface area contributed by atoms with E-state index < -0.39 is 22.0 Å². The minimum Gasteiger partial charge on any atom is -0.465 e. The lowest BCUT2D eigenvalue weighted by Gasteiger charge is -2.11. The minimum atomic E-state index is -3.58. The Bertz CT molecular complexity index is 1060. The van der Waals surface area contributed by atoms with Gasteiger partial charge in [0, 0.05) is 18.2 Å². The number of carbonyl (C=O) groups is 3. The second kappa shape index (κ2) is 10.9. The van der Waals surface area contributed by atoms with Gasteiger partial charge in [0.25, 0.3) is 0 Å². The Hall–Kier alpha value is -3.24. The maximum atomic E-state index is 12.4. The van der Waals surface area contributed by atoms with Crippen LogP contribution in [-0.4, -0.2) is 46.5 Å². The lowest BCUT2D eigenvalue weighted by atomic mass is 10.1. The second-order valence-corrected chi connectivity index (χ2v) is 8.96. The number of benzene rings is 2. The fraction of sp³-hybridized carbons (Fsp3) is 0.318. The number of carbonyl (C=O) groups excluding carboxylic acids is 3. The summed E-state index contributed by atoms with van der Waals surface area (Å²) in [5, 5.41) is 2.65. The van der Waals surface area contributed by atoms with Crippen LogP contribution in [0.25, 0.3) is 0 Å². The maximum absolute atomic E-state index is 12.4. The predicted molar refractivity (Wildman–Crippen MR) is 118 cm³/mol. The molecule has 0 bridgehead atoms. The topological polar surface area (TPSA) is 128 Å². The number of nitrogens with one attached hydrogen (secondary N) is 2. The van der Waals surface area contributed by atoms with Crippen molar-refractivity contribution in [3.8, 4) is 0 Å². The van der Waals surface area contributed by atoms with Gasteiger partial charge in [-0.25, -0.2) is 22.7 Å². The Kier molecular flexibility index (Phi) is 8.50. The molecule has 172 valence electrons. The summed E-state index contributed by atoms with van der Waals surface area (Å²) in [6, 6.07) is 10.2. The van der Waals surface area contributed by atoms with Crippen LogP contribution in [-0.2, 0) is 30.7 Å². The predicted octanol–water partition coefficient (Wildman–Crippen LogP) is 2.52. The van der Waals surface area contributed by atoms with Crippen molar-refractivity contribution < 1.29 is 32.3 Å². The summed E-state index contributed by atoms with van der Waals surface area (Å²) >= 11 is 0. The molecular formula is C22H26N2O7S. The van der Waals surface area contributed by atoms with E-state index in [1.54, 1.807) is 26.0 Å². The van der Waals surface area contributed by atoms with Crippen molar-refractivity contribution in [1.29, 1.82) is 0 Å². The van der Waals surface area contributed by atoms with Crippen LogP contribution >= 0.6 is 0 Å². The molecule has 2 aromatic carbocycles. The van der Waals surface area contributed by atoms with E-state index in [1.807, 2.05) is 0 Å². The highest BCUT2D eigenvalue weighted by Crippen LogP contribution is 2.18. The van der Waals surface area contributed by atoms with Crippen LogP contribution in [0.2, 0.25) is 0 Å². The molecule has 2 rings (SSSR count). The number of anilines is 1. The van der Waals surface area contributed by atoms with E-state index in [2.05, 4.69) is 19.5 Å². The molecule has 0 saturated heterocycles. The summed E-state index contributed by atoms with van der Waals surface area (Å²) in [5.74, 6) is -1.66. The highest BCUT2D eigenvalue weighted by atomic mass is 32.2. The first-order valence-corrected chi connectivity index (χ1v) is 11.3. The van der Waals surface area contributed by atoms with Gasteiger partial charge in [-0.3, -0.25) is 4.79 Å². The zero-order chi connectivity index (χ0) is 23.9. The van der Waals surface area contributed by atoms with E-state index >= 15 is 0 Å². The van der Waals surface area contributed by atoms with Crippen LogP contribution in [0.5, 0.6) is 0 Å². The molecule has 2 N–H and O–H groups in total. The van der Waals surface area contributed by atoms with Crippen LogP contribution in [0.4, 0.5) is 5.69 Å². The Morgan fingerprint density at radius 1 is 0.906 bits per heavy atom. The molecule has 0 aliphatic carbocycles. The van der Waals surface area contributed by atoms with Gasteiger partial charge in [-0.15, -0.1) is 0 Å². The largest absolute Gasteiger partial charge is 0.465 e. The molecule has 9 nitrogen and oxygen atoms in total. The highest BCUT2D eigenvalue weighted by molar-refractivity contribution is 7.89. The number of esters is 2. The zero-order valence-corrected chi connectivity index (χ0v) is 19.1. The summed E-state index contributed by atoms with van der Waals surface area (Å²) in [4.78, 5) is 36.2. The summed E-state index contributed by atoms with van der Waals surface area (Å²) in [7, 11) is -1.16. The summed E-state index contributed by atoms with van der Waals surface area (Å²) in [5.41, 5.74) is 1.22. The van der Waals surface area contributed by atoms with E-state index in [0.717, 1.165) is 5.56 Å². The number of rotatable bonds is 9. The van der Waals surface area contributed by atoms with E-state index in [-0.39, 0.29) is 40.1 Å². The smallest absolute Gasteiger partial charge is 0.337 e. The molecule has 0 atom stereocenters. The molecule has 0 radical (unpaired) electrons. The summed E-state index contributed by atoms with van der Waals surface area (Å²) in [6.07, 6.45) is 0.469. The Balaban J connectivity index is 2.06. The third-order valence-corrected chi connectivity index (χ3v) is 6.00. The number of amides is 1. The van der Waals surface area contributed by atoms with Gasteiger partial charge in [0.1, 0.15) is 0 Å². The van der Waals surface area contributed by atoms with Gasteiger partial charge >= 0.3 is 11.9 Å². The maximum Gasteiger partial charge on any atom is 0.337 e. The number of methoxy groups -OCH3 is 2. The average molecular weight is 463 g/mol. The molecule has 0 aliphatic heterocycles.